The average molecular weight is 518 g/mol. The fourth-order valence-corrected chi connectivity index (χ4v) is 3.67. The summed E-state index contributed by atoms with van der Waals surface area (Å²) < 4.78 is 22.7. The normalized spacial score (nSPS) is 14.1. The highest BCUT2D eigenvalue weighted by molar-refractivity contribution is 5.99. The lowest BCUT2D eigenvalue weighted by Crippen LogP contribution is -2.15. The summed E-state index contributed by atoms with van der Waals surface area (Å²) in [5.41, 5.74) is 3.13. The molecule has 0 saturated carbocycles. The molecule has 0 saturated heterocycles. The fraction of sp³-hybridized carbons (Fsp3) is 0.231. The minimum atomic E-state index is -0.297. The van der Waals surface area contributed by atoms with E-state index in [-0.39, 0.29) is 5.91 Å². The molecule has 0 radical (unpaired) electrons. The monoisotopic (exact) mass is 517 g/mol. The van der Waals surface area contributed by atoms with Gasteiger partial charge in [-0.1, -0.05) is 12.6 Å². The van der Waals surface area contributed by atoms with Crippen LogP contribution in [0.3, 0.4) is 0 Å². The van der Waals surface area contributed by atoms with Crippen LogP contribution in [0.1, 0.15) is 0 Å². The second-order valence-corrected chi connectivity index (χ2v) is 8.10. The number of carbonyl (C=O) groups is 1. The Morgan fingerprint density at radius 2 is 1.61 bits per heavy atom. The van der Waals surface area contributed by atoms with Crippen molar-refractivity contribution in [2.45, 2.75) is 0 Å². The van der Waals surface area contributed by atoms with Gasteiger partial charge in [-0.3, -0.25) is 4.79 Å². The molecule has 12 nitrogen and oxygen atoms in total. The van der Waals surface area contributed by atoms with Crippen LogP contribution in [-0.2, 0) is 14.3 Å². The molecule has 5 rings (SSSR count). The van der Waals surface area contributed by atoms with Gasteiger partial charge in [0, 0.05) is 23.1 Å². The molecular formula is C26H27N7O5. The SMILES string of the molecule is C=CC(=O)Nc1cccc(Nc2nc(Nc3ccc4c(c3)OCCOCCOCCO4)nc3[nH]cnc23)c1. The van der Waals surface area contributed by atoms with Gasteiger partial charge in [-0.05, 0) is 36.4 Å². The van der Waals surface area contributed by atoms with Gasteiger partial charge in [0.25, 0.3) is 0 Å². The maximum atomic E-state index is 11.7. The maximum absolute atomic E-state index is 11.7. The van der Waals surface area contributed by atoms with Crippen LogP contribution in [-0.4, -0.2) is 65.5 Å². The van der Waals surface area contributed by atoms with E-state index in [1.807, 2.05) is 30.3 Å². The molecule has 0 aliphatic carbocycles. The van der Waals surface area contributed by atoms with E-state index in [0.29, 0.717) is 91.1 Å². The van der Waals surface area contributed by atoms with Gasteiger partial charge >= 0.3 is 0 Å². The minimum absolute atomic E-state index is 0.297. The molecule has 2 aromatic carbocycles. The van der Waals surface area contributed by atoms with Crippen molar-refractivity contribution >= 4 is 45.9 Å². The molecule has 2 aromatic heterocycles. The first-order chi connectivity index (χ1) is 18.7. The molecule has 0 unspecified atom stereocenters. The van der Waals surface area contributed by atoms with E-state index in [2.05, 4.69) is 42.5 Å². The number of aromatic nitrogens is 4. The highest BCUT2D eigenvalue weighted by Crippen LogP contribution is 2.32. The number of ether oxygens (including phenoxy) is 4. The number of carbonyl (C=O) groups excluding carboxylic acids is 1. The summed E-state index contributed by atoms with van der Waals surface area (Å²) in [5.74, 6) is 1.70. The van der Waals surface area contributed by atoms with Crippen molar-refractivity contribution in [3.63, 3.8) is 0 Å². The van der Waals surface area contributed by atoms with Crippen LogP contribution < -0.4 is 25.4 Å². The van der Waals surface area contributed by atoms with Crippen molar-refractivity contribution in [2.75, 3.05) is 55.6 Å². The topological polar surface area (TPSA) is 145 Å². The van der Waals surface area contributed by atoms with Gasteiger partial charge in [0.05, 0.1) is 32.8 Å². The third-order valence-corrected chi connectivity index (χ3v) is 5.40. The van der Waals surface area contributed by atoms with Gasteiger partial charge in [-0.15, -0.1) is 0 Å². The second kappa shape index (κ2) is 12.0. The van der Waals surface area contributed by atoms with Gasteiger partial charge in [0.2, 0.25) is 11.9 Å². The summed E-state index contributed by atoms with van der Waals surface area (Å²) in [4.78, 5) is 28.2. The average Bonchev–Trinajstić information content (AvgIpc) is 3.39. The molecule has 3 heterocycles. The smallest absolute Gasteiger partial charge is 0.247 e. The van der Waals surface area contributed by atoms with Gasteiger partial charge in [-0.2, -0.15) is 9.97 Å². The summed E-state index contributed by atoms with van der Waals surface area (Å²) in [6, 6.07) is 12.7. The van der Waals surface area contributed by atoms with E-state index in [1.54, 1.807) is 18.5 Å². The zero-order valence-electron chi connectivity index (χ0n) is 20.5. The van der Waals surface area contributed by atoms with E-state index in [1.165, 1.54) is 6.08 Å². The number of imidazole rings is 1. The van der Waals surface area contributed by atoms with Crippen LogP contribution >= 0.6 is 0 Å². The van der Waals surface area contributed by atoms with Crippen molar-refractivity contribution in [1.82, 2.24) is 19.9 Å². The number of amides is 1. The zero-order chi connectivity index (χ0) is 26.2. The Labute approximate surface area is 218 Å². The molecule has 196 valence electrons. The number of aromatic amines is 1. The lowest BCUT2D eigenvalue weighted by Gasteiger charge is -2.16. The van der Waals surface area contributed by atoms with E-state index >= 15 is 0 Å². The molecule has 12 heteroatoms. The standard InChI is InChI=1S/C26H27N7O5/c1-2-22(34)29-17-4-3-5-18(14-17)30-25-23-24(28-16-27-23)32-26(33-25)31-19-6-7-20-21(15-19)38-13-11-36-9-8-35-10-12-37-20/h2-7,14-16H,1,8-13H2,(H,29,34)(H3,27,28,30,31,32,33). The first-order valence-electron chi connectivity index (χ1n) is 12.0. The minimum Gasteiger partial charge on any atom is -0.487 e. The number of rotatable bonds is 6. The lowest BCUT2D eigenvalue weighted by atomic mass is 10.2. The summed E-state index contributed by atoms with van der Waals surface area (Å²) in [5, 5.41) is 9.22. The van der Waals surface area contributed by atoms with Crippen molar-refractivity contribution in [1.29, 1.82) is 0 Å². The molecule has 1 amide bonds. The highest BCUT2D eigenvalue weighted by Gasteiger charge is 2.13. The molecule has 1 aliphatic heterocycles. The van der Waals surface area contributed by atoms with Crippen LogP contribution in [0.5, 0.6) is 11.5 Å². The Hall–Kier alpha value is -4.68. The molecule has 0 spiro atoms. The van der Waals surface area contributed by atoms with E-state index < -0.39 is 0 Å². The Morgan fingerprint density at radius 3 is 2.42 bits per heavy atom. The summed E-state index contributed by atoms with van der Waals surface area (Å²) in [6.07, 6.45) is 2.76. The first kappa shape index (κ1) is 25.0. The fourth-order valence-electron chi connectivity index (χ4n) is 3.67. The number of hydrogen-bond acceptors (Lipinski definition) is 10. The van der Waals surface area contributed by atoms with E-state index in [9.17, 15) is 4.79 Å². The summed E-state index contributed by atoms with van der Waals surface area (Å²) >= 11 is 0. The van der Waals surface area contributed by atoms with Gasteiger partial charge in [0.15, 0.2) is 28.5 Å². The molecule has 0 bridgehead atoms. The Balaban J connectivity index is 1.37. The summed E-state index contributed by atoms with van der Waals surface area (Å²) in [6.45, 7) is 6.18. The van der Waals surface area contributed by atoms with E-state index in [4.69, 9.17) is 18.9 Å². The number of nitrogens with zero attached hydrogens (tertiary/aromatic N) is 3. The number of fused-ring (bicyclic) bond motifs is 2. The van der Waals surface area contributed by atoms with Crippen LogP contribution in [0.4, 0.5) is 28.8 Å². The van der Waals surface area contributed by atoms with Gasteiger partial charge in [0.1, 0.15) is 13.2 Å². The molecule has 4 aromatic rings. The third kappa shape index (κ3) is 6.35. The molecular weight excluding hydrogens is 490 g/mol. The zero-order valence-corrected chi connectivity index (χ0v) is 20.5. The van der Waals surface area contributed by atoms with Crippen LogP contribution in [0.2, 0.25) is 0 Å². The van der Waals surface area contributed by atoms with Crippen molar-refractivity contribution in [3.05, 3.63) is 61.4 Å². The number of benzene rings is 2. The van der Waals surface area contributed by atoms with Crippen molar-refractivity contribution in [3.8, 4) is 11.5 Å². The number of nitrogens with one attached hydrogen (secondary N) is 4. The summed E-state index contributed by atoms with van der Waals surface area (Å²) in [7, 11) is 0. The predicted molar refractivity (Wildman–Crippen MR) is 143 cm³/mol. The molecule has 4 N–H and O–H groups in total. The maximum Gasteiger partial charge on any atom is 0.247 e. The lowest BCUT2D eigenvalue weighted by molar-refractivity contribution is -0.111. The predicted octanol–water partition coefficient (Wildman–Crippen LogP) is 3.77. The molecule has 0 fully saturated rings. The number of hydrogen-bond donors (Lipinski definition) is 4. The third-order valence-electron chi connectivity index (χ3n) is 5.40. The van der Waals surface area contributed by atoms with Crippen molar-refractivity contribution in [2.24, 2.45) is 0 Å². The number of anilines is 5. The van der Waals surface area contributed by atoms with Gasteiger partial charge < -0.3 is 39.9 Å². The Kier molecular flexibility index (Phi) is 7.92. The molecule has 0 atom stereocenters. The van der Waals surface area contributed by atoms with Crippen molar-refractivity contribution < 1.29 is 23.7 Å². The number of H-pyrrole nitrogens is 1. The quantitative estimate of drug-likeness (QED) is 0.279. The first-order valence-corrected chi connectivity index (χ1v) is 12.0. The second-order valence-electron chi connectivity index (χ2n) is 8.10. The van der Waals surface area contributed by atoms with E-state index in [0.717, 1.165) is 0 Å². The Bertz CT molecular complexity index is 1420. The highest BCUT2D eigenvalue weighted by atomic mass is 16.6. The van der Waals surface area contributed by atoms with Gasteiger partial charge in [-0.25, -0.2) is 4.98 Å². The molecule has 1 aliphatic rings. The van der Waals surface area contributed by atoms with Crippen LogP contribution in [0.15, 0.2) is 61.4 Å². The van der Waals surface area contributed by atoms with Crippen LogP contribution in [0.25, 0.3) is 11.2 Å². The van der Waals surface area contributed by atoms with Crippen LogP contribution in [0, 0.1) is 0 Å². The molecule has 38 heavy (non-hydrogen) atoms. The largest absolute Gasteiger partial charge is 0.487 e. The Morgan fingerprint density at radius 1 is 0.868 bits per heavy atom.